The van der Waals surface area contributed by atoms with Gasteiger partial charge in [0.05, 0.1) is 7.11 Å². The maximum Gasteiger partial charge on any atom is 0.272 e. The van der Waals surface area contributed by atoms with E-state index in [1.54, 1.807) is 4.90 Å². The number of rotatable bonds is 3. The Kier molecular flexibility index (Phi) is 5.28. The molecule has 5 nitrogen and oxygen atoms in total. The number of anilines is 1. The standard InChI is InChI=1S/C23H23F2N3O2/c1-14-4-5-15(2)20(10-14)27-6-8-28(9-7-27)23(29)19-13-21(30-3)17-11-16(24)12-18(25)22(17)26-19/h4-5,10-13H,6-9H2,1-3H3. The first kappa shape index (κ1) is 20.1. The molecule has 7 heteroatoms. The summed E-state index contributed by atoms with van der Waals surface area (Å²) in [6.07, 6.45) is 0. The molecule has 4 rings (SSSR count). The summed E-state index contributed by atoms with van der Waals surface area (Å²) in [6.45, 7) is 6.59. The number of methoxy groups -OCH3 is 1. The summed E-state index contributed by atoms with van der Waals surface area (Å²) in [5.41, 5.74) is 3.58. The normalized spacial score (nSPS) is 14.3. The molecule has 0 unspecified atom stereocenters. The number of piperazine rings is 1. The topological polar surface area (TPSA) is 45.7 Å². The van der Waals surface area contributed by atoms with E-state index in [4.69, 9.17) is 4.74 Å². The van der Waals surface area contributed by atoms with Crippen molar-refractivity contribution >= 4 is 22.5 Å². The van der Waals surface area contributed by atoms with Crippen LogP contribution in [0.2, 0.25) is 0 Å². The van der Waals surface area contributed by atoms with E-state index in [9.17, 15) is 13.6 Å². The Labute approximate surface area is 173 Å². The average molecular weight is 411 g/mol. The number of halogens is 2. The Morgan fingerprint density at radius 1 is 1.03 bits per heavy atom. The van der Waals surface area contributed by atoms with Crippen LogP contribution in [0.25, 0.3) is 10.9 Å². The molecule has 30 heavy (non-hydrogen) atoms. The second kappa shape index (κ2) is 7.89. The molecule has 0 saturated carbocycles. The molecule has 1 aliphatic heterocycles. The summed E-state index contributed by atoms with van der Waals surface area (Å²) in [5.74, 6) is -1.62. The zero-order valence-electron chi connectivity index (χ0n) is 17.2. The predicted octanol–water partition coefficient (Wildman–Crippen LogP) is 4.10. The van der Waals surface area contributed by atoms with Crippen molar-refractivity contribution in [3.05, 3.63) is 64.9 Å². The molecule has 1 amide bonds. The number of aryl methyl sites for hydroxylation is 2. The van der Waals surface area contributed by atoms with Crippen LogP contribution in [0.4, 0.5) is 14.5 Å². The van der Waals surface area contributed by atoms with Gasteiger partial charge in [-0.25, -0.2) is 13.8 Å². The largest absolute Gasteiger partial charge is 0.496 e. The summed E-state index contributed by atoms with van der Waals surface area (Å²) >= 11 is 0. The molecule has 1 fully saturated rings. The van der Waals surface area contributed by atoms with Crippen molar-refractivity contribution in [2.45, 2.75) is 13.8 Å². The molecule has 156 valence electrons. The van der Waals surface area contributed by atoms with Crippen LogP contribution in [0.5, 0.6) is 5.75 Å². The van der Waals surface area contributed by atoms with Gasteiger partial charge in [0.2, 0.25) is 0 Å². The van der Waals surface area contributed by atoms with E-state index in [0.717, 1.165) is 12.1 Å². The number of ether oxygens (including phenoxy) is 1. The van der Waals surface area contributed by atoms with Gasteiger partial charge in [-0.1, -0.05) is 12.1 Å². The highest BCUT2D eigenvalue weighted by Crippen LogP contribution is 2.29. The van der Waals surface area contributed by atoms with E-state index in [0.29, 0.717) is 26.2 Å². The zero-order valence-corrected chi connectivity index (χ0v) is 17.2. The number of amides is 1. The van der Waals surface area contributed by atoms with E-state index in [-0.39, 0.29) is 28.3 Å². The number of nitrogens with zero attached hydrogens (tertiary/aromatic N) is 3. The lowest BCUT2D eigenvalue weighted by Crippen LogP contribution is -2.49. The van der Waals surface area contributed by atoms with Gasteiger partial charge in [0, 0.05) is 49.4 Å². The molecule has 0 atom stereocenters. The molecular weight excluding hydrogens is 388 g/mol. The maximum absolute atomic E-state index is 14.3. The third kappa shape index (κ3) is 3.67. The average Bonchev–Trinajstić information content (AvgIpc) is 2.74. The second-order valence-electron chi connectivity index (χ2n) is 7.56. The molecule has 3 aromatic rings. The number of hydrogen-bond donors (Lipinski definition) is 0. The molecule has 0 N–H and O–H groups in total. The van der Waals surface area contributed by atoms with Gasteiger partial charge in [0.15, 0.2) is 5.82 Å². The third-order valence-electron chi connectivity index (χ3n) is 5.50. The number of aromatic nitrogens is 1. The molecule has 2 aromatic carbocycles. The minimum absolute atomic E-state index is 0.0758. The fraction of sp³-hybridized carbons (Fsp3) is 0.304. The van der Waals surface area contributed by atoms with Crippen molar-refractivity contribution in [3.63, 3.8) is 0 Å². The number of hydrogen-bond acceptors (Lipinski definition) is 4. The Morgan fingerprint density at radius 2 is 1.77 bits per heavy atom. The summed E-state index contributed by atoms with van der Waals surface area (Å²) in [4.78, 5) is 21.2. The molecular formula is C23H23F2N3O2. The molecule has 0 bridgehead atoms. The van der Waals surface area contributed by atoms with Gasteiger partial charge in [-0.3, -0.25) is 4.79 Å². The highest BCUT2D eigenvalue weighted by molar-refractivity contribution is 5.97. The van der Waals surface area contributed by atoms with E-state index in [1.165, 1.54) is 30.0 Å². The van der Waals surface area contributed by atoms with E-state index >= 15 is 0 Å². The Morgan fingerprint density at radius 3 is 2.47 bits per heavy atom. The van der Waals surface area contributed by atoms with Gasteiger partial charge in [-0.2, -0.15) is 0 Å². The molecule has 0 spiro atoms. The maximum atomic E-state index is 14.3. The lowest BCUT2D eigenvalue weighted by Gasteiger charge is -2.36. The van der Waals surface area contributed by atoms with Crippen molar-refractivity contribution in [3.8, 4) is 5.75 Å². The summed E-state index contributed by atoms with van der Waals surface area (Å²) < 4.78 is 33.1. The first-order chi connectivity index (χ1) is 14.4. The van der Waals surface area contributed by atoms with Crippen LogP contribution in [-0.2, 0) is 0 Å². The third-order valence-corrected chi connectivity index (χ3v) is 5.50. The van der Waals surface area contributed by atoms with Crippen molar-refractivity contribution in [1.29, 1.82) is 0 Å². The monoisotopic (exact) mass is 411 g/mol. The number of carbonyl (C=O) groups is 1. The van der Waals surface area contributed by atoms with Gasteiger partial charge in [-0.05, 0) is 37.1 Å². The van der Waals surface area contributed by atoms with E-state index < -0.39 is 11.6 Å². The van der Waals surface area contributed by atoms with Crippen molar-refractivity contribution < 1.29 is 18.3 Å². The van der Waals surface area contributed by atoms with Crippen LogP contribution in [-0.4, -0.2) is 49.1 Å². The number of fused-ring (bicyclic) bond motifs is 1. The van der Waals surface area contributed by atoms with Crippen LogP contribution in [0.15, 0.2) is 36.4 Å². The van der Waals surface area contributed by atoms with E-state index in [1.807, 2.05) is 0 Å². The van der Waals surface area contributed by atoms with Gasteiger partial charge in [0.1, 0.15) is 22.8 Å². The lowest BCUT2D eigenvalue weighted by molar-refractivity contribution is 0.0741. The molecule has 0 aliphatic carbocycles. The van der Waals surface area contributed by atoms with E-state index in [2.05, 4.69) is 41.9 Å². The quantitative estimate of drug-likeness (QED) is 0.651. The highest BCUT2D eigenvalue weighted by Gasteiger charge is 2.25. The van der Waals surface area contributed by atoms with Crippen molar-refractivity contribution in [2.24, 2.45) is 0 Å². The zero-order chi connectivity index (χ0) is 21.4. The molecule has 0 radical (unpaired) electrons. The van der Waals surface area contributed by atoms with Gasteiger partial charge < -0.3 is 14.5 Å². The Balaban J connectivity index is 1.57. The fourth-order valence-electron chi connectivity index (χ4n) is 3.87. The SMILES string of the molecule is COc1cc(C(=O)N2CCN(c3cc(C)ccc3C)CC2)nc2c(F)cc(F)cc12. The van der Waals surface area contributed by atoms with Crippen LogP contribution < -0.4 is 9.64 Å². The van der Waals surface area contributed by atoms with Gasteiger partial charge in [0.25, 0.3) is 5.91 Å². The molecule has 1 aromatic heterocycles. The van der Waals surface area contributed by atoms with Crippen LogP contribution in [0.1, 0.15) is 21.6 Å². The van der Waals surface area contributed by atoms with Crippen molar-refractivity contribution in [2.75, 3.05) is 38.2 Å². The first-order valence-corrected chi connectivity index (χ1v) is 9.82. The van der Waals surface area contributed by atoms with Crippen LogP contribution in [0, 0.1) is 25.5 Å². The first-order valence-electron chi connectivity index (χ1n) is 9.82. The second-order valence-corrected chi connectivity index (χ2v) is 7.56. The minimum atomic E-state index is -0.822. The number of carbonyl (C=O) groups excluding carboxylic acids is 1. The smallest absolute Gasteiger partial charge is 0.272 e. The Bertz CT molecular complexity index is 1130. The predicted molar refractivity (Wildman–Crippen MR) is 112 cm³/mol. The summed E-state index contributed by atoms with van der Waals surface area (Å²) in [5, 5.41) is 0.200. The summed E-state index contributed by atoms with van der Waals surface area (Å²) in [6, 6.07) is 9.70. The van der Waals surface area contributed by atoms with Crippen molar-refractivity contribution in [1.82, 2.24) is 9.88 Å². The molecule has 1 aliphatic rings. The lowest BCUT2D eigenvalue weighted by atomic mass is 10.1. The van der Waals surface area contributed by atoms with Crippen LogP contribution >= 0.6 is 0 Å². The Hall–Kier alpha value is -3.22. The van der Waals surface area contributed by atoms with Gasteiger partial charge in [-0.15, -0.1) is 0 Å². The molecule has 2 heterocycles. The fourth-order valence-corrected chi connectivity index (χ4v) is 3.87. The summed E-state index contributed by atoms with van der Waals surface area (Å²) in [7, 11) is 1.40. The minimum Gasteiger partial charge on any atom is -0.496 e. The molecule has 1 saturated heterocycles. The highest BCUT2D eigenvalue weighted by atomic mass is 19.1. The van der Waals surface area contributed by atoms with Crippen LogP contribution in [0.3, 0.4) is 0 Å². The number of pyridine rings is 1. The van der Waals surface area contributed by atoms with Gasteiger partial charge >= 0.3 is 0 Å². The number of benzene rings is 2.